The van der Waals surface area contributed by atoms with Crippen molar-refractivity contribution in [3.05, 3.63) is 372 Å². The van der Waals surface area contributed by atoms with Gasteiger partial charge in [-0.15, -0.1) is 0 Å². The predicted octanol–water partition coefficient (Wildman–Crippen LogP) is 29.8. The highest BCUT2D eigenvalue weighted by Crippen LogP contribution is 2.57. The van der Waals surface area contributed by atoms with Gasteiger partial charge in [-0.1, -0.05) is 365 Å². The Morgan fingerprint density at radius 1 is 0.244 bits per heavy atom. The average molecular weight is 1530 g/mol. The van der Waals surface area contributed by atoms with Gasteiger partial charge in [0.05, 0.1) is 22.4 Å². The largest absolute Gasteiger partial charge is 0.310 e. The minimum Gasteiger partial charge on any atom is -0.310 e. The Hall–Kier alpha value is -12.8. The summed E-state index contributed by atoms with van der Waals surface area (Å²) in [6.07, 6.45) is 0. The summed E-state index contributed by atoms with van der Waals surface area (Å²) in [5.41, 5.74) is 35.9. The van der Waals surface area contributed by atoms with Crippen molar-refractivity contribution in [1.29, 1.82) is 0 Å². The topological polar surface area (TPSA) is 11.4 Å². The number of nitrogens with zero attached hydrogens (tertiary/aromatic N) is 3. The monoisotopic (exact) mass is 1530 g/mol. The van der Waals surface area contributed by atoms with Gasteiger partial charge < -0.3 is 14.4 Å². The molecule has 0 N–H and O–H groups in total. The molecule has 578 valence electrons. The zero-order valence-electron chi connectivity index (χ0n) is 71.2. The second kappa shape index (κ2) is 26.9. The lowest BCUT2D eigenvalue weighted by Gasteiger charge is -2.46. The molecule has 21 rings (SSSR count). The fraction of sp³-hybridized carbons (Fsp3) is 0.183. The minimum atomic E-state index is -0.357. The molecule has 1 aromatic heterocycles. The molecule has 119 heavy (non-hydrogen) atoms. The molecule has 0 amide bonds. The number of hydrogen-bond acceptors (Lipinski definition) is 2. The van der Waals surface area contributed by atoms with Crippen LogP contribution in [0.2, 0.25) is 0 Å². The van der Waals surface area contributed by atoms with Crippen molar-refractivity contribution in [2.45, 2.75) is 137 Å². The Morgan fingerprint density at radius 2 is 0.630 bits per heavy atom. The lowest BCUT2D eigenvalue weighted by atomic mass is 9.33. The first kappa shape index (κ1) is 73.8. The normalized spacial score (nSPS) is 13.6. The summed E-state index contributed by atoms with van der Waals surface area (Å²) in [6, 6.07) is 128. The molecule has 0 fully saturated rings. The third kappa shape index (κ3) is 12.0. The van der Waals surface area contributed by atoms with Crippen molar-refractivity contribution in [2.75, 3.05) is 9.80 Å². The van der Waals surface area contributed by atoms with Gasteiger partial charge >= 0.3 is 0 Å². The molecule has 0 spiro atoms. The van der Waals surface area contributed by atoms with Crippen molar-refractivity contribution in [3.63, 3.8) is 0 Å². The van der Waals surface area contributed by atoms with Crippen molar-refractivity contribution < 1.29 is 0 Å². The predicted molar refractivity (Wildman–Crippen MR) is 513 cm³/mol. The molecule has 3 heterocycles. The molecule has 3 nitrogen and oxygen atoms in total. The van der Waals surface area contributed by atoms with Gasteiger partial charge in [0.2, 0.25) is 0 Å². The van der Waals surface area contributed by atoms with E-state index in [4.69, 9.17) is 0 Å². The van der Waals surface area contributed by atoms with Crippen LogP contribution in [0.5, 0.6) is 0 Å². The fourth-order valence-electron chi connectivity index (χ4n) is 20.1. The van der Waals surface area contributed by atoms with E-state index < -0.39 is 0 Å². The van der Waals surface area contributed by atoms with Gasteiger partial charge in [-0.3, -0.25) is 0 Å². The first-order valence-corrected chi connectivity index (χ1v) is 42.8. The number of hydrogen-bond donors (Lipinski definition) is 0. The maximum absolute atomic E-state index is 2.77. The van der Waals surface area contributed by atoms with Crippen LogP contribution in [0, 0.1) is 0 Å². The SMILES string of the molecule is CC(C)(C)c1ccc2c(c1)-c1cc(C(C)(C)C)ccc1C2c1ccc2c(c1)N(c1c(-c3ccccc3)cccc1-c1ccccc1)c1cc(C(C)(C)C)cc3c1B2c1ccc(-n2c4ccc(C(C)(C)C)cc4c4cc(C(C)(C)C)ccc42)cc1N3c1c(-c2ccc3c(ccc4ccccc43)c2)cccc1-c1ccc2c(ccc3ccccc32)c1. The van der Waals surface area contributed by atoms with Crippen LogP contribution in [0.3, 0.4) is 0 Å². The standard InChI is InChI=1S/C115H100BN3/c1-111(2,3)79-47-54-93-95(63-79)96-64-80(112(4,5)6)48-55-94(96)107(93)78-46-56-99-103(62-78)118(109-89(70-28-18-16-19-29-70)36-26-37-90(109)71-30-20-17-21-31-71)105-67-83(115(13,14)15)68-106-108(105)116(99)100-57-51-84(117-101-58-49-81(113(7,8)9)65-97(101)98-66-82(114(10,11)12)50-59-102(98)117)69-104(100)119(106)110-91(76-44-52-87-74(60-76)42-40-72-32-22-24-34-85(72)87)38-27-39-92(110)77-45-53-88-75(61-77)43-41-73-33-23-25-35-86(73)88/h16-69,107H,1-15H3. The molecule has 0 saturated carbocycles. The average Bonchev–Trinajstić information content (AvgIpc) is 0.736. The molecule has 17 aromatic carbocycles. The van der Waals surface area contributed by atoms with Crippen LogP contribution in [0.25, 0.3) is 126 Å². The van der Waals surface area contributed by atoms with Crippen LogP contribution in [-0.2, 0) is 27.1 Å². The summed E-state index contributed by atoms with van der Waals surface area (Å²) in [6.45, 7) is 35.2. The summed E-state index contributed by atoms with van der Waals surface area (Å²) in [5.74, 6) is -0.0505. The number of rotatable bonds is 8. The number of benzene rings is 17. The second-order valence-electron chi connectivity index (χ2n) is 39.3. The van der Waals surface area contributed by atoms with Crippen LogP contribution in [-0.4, -0.2) is 11.3 Å². The van der Waals surface area contributed by atoms with E-state index in [0.717, 1.165) is 72.9 Å². The second-order valence-corrected chi connectivity index (χ2v) is 39.3. The van der Waals surface area contributed by atoms with Gasteiger partial charge in [0.15, 0.2) is 0 Å². The zero-order chi connectivity index (χ0) is 81.7. The van der Waals surface area contributed by atoms with Gasteiger partial charge in [0, 0.05) is 67.4 Å². The van der Waals surface area contributed by atoms with Crippen molar-refractivity contribution >= 4 is 122 Å². The van der Waals surface area contributed by atoms with E-state index >= 15 is 0 Å². The molecule has 18 aromatic rings. The molecular weight excluding hydrogens is 1430 g/mol. The molecule has 3 aliphatic rings. The molecular formula is C115H100BN3. The first-order valence-electron chi connectivity index (χ1n) is 42.8. The summed E-state index contributed by atoms with van der Waals surface area (Å²) < 4.78 is 2.59. The molecule has 0 saturated heterocycles. The van der Waals surface area contributed by atoms with E-state index in [0.29, 0.717) is 0 Å². The summed E-state index contributed by atoms with van der Waals surface area (Å²) in [7, 11) is 0. The number of fused-ring (bicyclic) bond motifs is 16. The summed E-state index contributed by atoms with van der Waals surface area (Å²) in [4.78, 5) is 5.53. The van der Waals surface area contributed by atoms with E-state index in [1.807, 2.05) is 0 Å². The maximum Gasteiger partial charge on any atom is 0.252 e. The third-order valence-electron chi connectivity index (χ3n) is 26.6. The van der Waals surface area contributed by atoms with Gasteiger partial charge in [0.25, 0.3) is 6.71 Å². The first-order chi connectivity index (χ1) is 57.2. The number of anilines is 6. The molecule has 2 aliphatic heterocycles. The van der Waals surface area contributed by atoms with Crippen molar-refractivity contribution in [1.82, 2.24) is 4.57 Å². The van der Waals surface area contributed by atoms with E-state index in [2.05, 4.69) is 446 Å². The van der Waals surface area contributed by atoms with Crippen molar-refractivity contribution in [3.8, 4) is 61.3 Å². The van der Waals surface area contributed by atoms with Crippen molar-refractivity contribution in [2.24, 2.45) is 0 Å². The van der Waals surface area contributed by atoms with Gasteiger partial charge in [-0.25, -0.2) is 0 Å². The molecule has 1 aliphatic carbocycles. The van der Waals surface area contributed by atoms with Crippen LogP contribution in [0.15, 0.2) is 328 Å². The number of aromatic nitrogens is 1. The third-order valence-corrected chi connectivity index (χ3v) is 26.6. The van der Waals surface area contributed by atoms with E-state index in [1.165, 1.54) is 148 Å². The Labute approximate surface area is 702 Å². The highest BCUT2D eigenvalue weighted by molar-refractivity contribution is 7.00. The maximum atomic E-state index is 2.77. The van der Waals surface area contributed by atoms with Gasteiger partial charge in [-0.2, -0.15) is 0 Å². The zero-order valence-corrected chi connectivity index (χ0v) is 71.2. The van der Waals surface area contributed by atoms with Gasteiger partial charge in [-0.05, 0) is 231 Å². The highest BCUT2D eigenvalue weighted by atomic mass is 15.2. The Bertz CT molecular complexity index is 6930. The smallest absolute Gasteiger partial charge is 0.252 e. The lowest BCUT2D eigenvalue weighted by Crippen LogP contribution is -2.61. The Morgan fingerprint density at radius 3 is 1.08 bits per heavy atom. The molecule has 4 heteroatoms. The lowest BCUT2D eigenvalue weighted by molar-refractivity contribution is 0.589. The van der Waals surface area contributed by atoms with Crippen LogP contribution in [0.1, 0.15) is 154 Å². The molecule has 0 atom stereocenters. The minimum absolute atomic E-state index is 0.0492. The Kier molecular flexibility index (Phi) is 16.7. The van der Waals surface area contributed by atoms with E-state index in [-0.39, 0.29) is 39.7 Å². The fourth-order valence-corrected chi connectivity index (χ4v) is 20.1. The molecule has 0 bridgehead atoms. The molecule has 0 radical (unpaired) electrons. The van der Waals surface area contributed by atoms with E-state index in [1.54, 1.807) is 0 Å². The van der Waals surface area contributed by atoms with Gasteiger partial charge in [0.1, 0.15) is 0 Å². The molecule has 0 unspecified atom stereocenters. The van der Waals surface area contributed by atoms with Crippen LogP contribution < -0.4 is 26.2 Å². The van der Waals surface area contributed by atoms with Crippen LogP contribution >= 0.6 is 0 Å². The number of para-hydroxylation sites is 2. The van der Waals surface area contributed by atoms with Crippen LogP contribution in [0.4, 0.5) is 34.1 Å². The quantitative estimate of drug-likeness (QED) is 0.111. The summed E-state index contributed by atoms with van der Waals surface area (Å²) in [5, 5.41) is 12.4. The van der Waals surface area contributed by atoms with E-state index in [9.17, 15) is 0 Å². The summed E-state index contributed by atoms with van der Waals surface area (Å²) >= 11 is 0. The highest BCUT2D eigenvalue weighted by Gasteiger charge is 2.47. The Balaban J connectivity index is 0.915.